The zero-order valence-electron chi connectivity index (χ0n) is 13.7. The summed E-state index contributed by atoms with van der Waals surface area (Å²) in [4.78, 5) is 18.4. The molecule has 5 heteroatoms. The molecule has 1 saturated heterocycles. The summed E-state index contributed by atoms with van der Waals surface area (Å²) in [5, 5.41) is 0. The van der Waals surface area contributed by atoms with Crippen LogP contribution in [0.15, 0.2) is 18.3 Å². The van der Waals surface area contributed by atoms with Crippen molar-refractivity contribution >= 4 is 5.91 Å². The molecule has 0 unspecified atom stereocenters. The lowest BCUT2D eigenvalue weighted by atomic mass is 10.1. The van der Waals surface area contributed by atoms with Gasteiger partial charge < -0.3 is 14.4 Å². The molecule has 1 amide bonds. The third-order valence-corrected chi connectivity index (χ3v) is 3.98. The molecule has 0 radical (unpaired) electrons. The Labute approximate surface area is 132 Å². The molecule has 1 fully saturated rings. The second-order valence-corrected chi connectivity index (χ2v) is 5.89. The van der Waals surface area contributed by atoms with Crippen molar-refractivity contribution in [3.05, 3.63) is 23.9 Å². The van der Waals surface area contributed by atoms with Crippen LogP contribution in [0.2, 0.25) is 0 Å². The molecule has 2 heterocycles. The fourth-order valence-electron chi connectivity index (χ4n) is 2.46. The van der Waals surface area contributed by atoms with Gasteiger partial charge in [0, 0.05) is 38.0 Å². The molecule has 1 aromatic heterocycles. The second kappa shape index (κ2) is 8.13. The van der Waals surface area contributed by atoms with Crippen LogP contribution in [0, 0.1) is 0 Å². The minimum Gasteiger partial charge on any atom is -0.475 e. The van der Waals surface area contributed by atoms with Gasteiger partial charge in [-0.15, -0.1) is 0 Å². The minimum absolute atomic E-state index is 0.0226. The number of likely N-dealkylation sites (N-methyl/N-ethyl adjacent to an activating group) is 1. The third-order valence-electron chi connectivity index (χ3n) is 3.98. The van der Waals surface area contributed by atoms with E-state index in [9.17, 15) is 4.79 Å². The molecule has 122 valence electrons. The van der Waals surface area contributed by atoms with E-state index in [1.807, 2.05) is 14.0 Å². The molecule has 0 aromatic carbocycles. The zero-order chi connectivity index (χ0) is 15.9. The number of pyridine rings is 1. The molecule has 0 N–H and O–H groups in total. The van der Waals surface area contributed by atoms with Crippen LogP contribution >= 0.6 is 0 Å². The SMILES string of the molecule is CC[C@H](C)Oc1cc(C(=O)N(C)C[C@@H]2CCCCO2)ccn1. The predicted molar refractivity (Wildman–Crippen MR) is 85.2 cm³/mol. The zero-order valence-corrected chi connectivity index (χ0v) is 13.7. The number of amides is 1. The average Bonchev–Trinajstić information content (AvgIpc) is 2.55. The van der Waals surface area contributed by atoms with Gasteiger partial charge in [-0.1, -0.05) is 6.92 Å². The smallest absolute Gasteiger partial charge is 0.253 e. The molecule has 1 aromatic rings. The van der Waals surface area contributed by atoms with Crippen LogP contribution in [-0.4, -0.2) is 48.2 Å². The number of carbonyl (C=O) groups excluding carboxylic acids is 1. The van der Waals surface area contributed by atoms with Gasteiger partial charge >= 0.3 is 0 Å². The molecule has 0 bridgehead atoms. The van der Waals surface area contributed by atoms with Crippen LogP contribution in [0.25, 0.3) is 0 Å². The number of ether oxygens (including phenoxy) is 2. The maximum atomic E-state index is 12.5. The lowest BCUT2D eigenvalue weighted by molar-refractivity contribution is -0.000196. The van der Waals surface area contributed by atoms with Gasteiger partial charge in [-0.2, -0.15) is 0 Å². The molecule has 0 spiro atoms. The highest BCUT2D eigenvalue weighted by Gasteiger charge is 2.20. The Balaban J connectivity index is 1.97. The van der Waals surface area contributed by atoms with Gasteiger partial charge in [-0.05, 0) is 38.7 Å². The number of aromatic nitrogens is 1. The van der Waals surface area contributed by atoms with E-state index in [-0.39, 0.29) is 18.1 Å². The quantitative estimate of drug-likeness (QED) is 0.811. The van der Waals surface area contributed by atoms with E-state index in [4.69, 9.17) is 9.47 Å². The fraction of sp³-hybridized carbons (Fsp3) is 0.647. The van der Waals surface area contributed by atoms with Crippen molar-refractivity contribution < 1.29 is 14.3 Å². The maximum absolute atomic E-state index is 12.5. The predicted octanol–water partition coefficient (Wildman–Crippen LogP) is 2.90. The van der Waals surface area contributed by atoms with Crippen LogP contribution in [0.4, 0.5) is 0 Å². The maximum Gasteiger partial charge on any atom is 0.253 e. The van der Waals surface area contributed by atoms with Crippen molar-refractivity contribution in [2.75, 3.05) is 20.2 Å². The van der Waals surface area contributed by atoms with Crippen LogP contribution in [0.1, 0.15) is 49.9 Å². The lowest BCUT2D eigenvalue weighted by Crippen LogP contribution is -2.37. The van der Waals surface area contributed by atoms with Crippen molar-refractivity contribution in [3.63, 3.8) is 0 Å². The van der Waals surface area contributed by atoms with Crippen molar-refractivity contribution in [1.29, 1.82) is 0 Å². The molecule has 2 rings (SSSR count). The number of hydrogen-bond acceptors (Lipinski definition) is 4. The summed E-state index contributed by atoms with van der Waals surface area (Å²) in [5.74, 6) is 0.480. The fourth-order valence-corrected chi connectivity index (χ4v) is 2.46. The summed E-state index contributed by atoms with van der Waals surface area (Å²) in [5.41, 5.74) is 0.603. The summed E-state index contributed by atoms with van der Waals surface area (Å²) in [6, 6.07) is 3.44. The first-order chi connectivity index (χ1) is 10.6. The van der Waals surface area contributed by atoms with Gasteiger partial charge in [-0.25, -0.2) is 4.98 Å². The molecule has 1 aliphatic rings. The molecule has 5 nitrogen and oxygen atoms in total. The van der Waals surface area contributed by atoms with Gasteiger partial charge in [-0.3, -0.25) is 4.79 Å². The van der Waals surface area contributed by atoms with E-state index in [0.717, 1.165) is 25.9 Å². The molecule has 2 atom stereocenters. The van der Waals surface area contributed by atoms with E-state index in [1.165, 1.54) is 6.42 Å². The van der Waals surface area contributed by atoms with E-state index in [0.29, 0.717) is 18.0 Å². The van der Waals surface area contributed by atoms with Gasteiger partial charge in [0.2, 0.25) is 5.88 Å². The summed E-state index contributed by atoms with van der Waals surface area (Å²) in [6.45, 7) is 5.47. The summed E-state index contributed by atoms with van der Waals surface area (Å²) in [7, 11) is 1.82. The average molecular weight is 306 g/mol. The van der Waals surface area contributed by atoms with Crippen molar-refractivity contribution in [2.24, 2.45) is 0 Å². The van der Waals surface area contributed by atoms with Crippen LogP contribution < -0.4 is 4.74 Å². The number of nitrogens with zero attached hydrogens (tertiary/aromatic N) is 2. The molecule has 0 saturated carbocycles. The van der Waals surface area contributed by atoms with E-state index in [2.05, 4.69) is 11.9 Å². The van der Waals surface area contributed by atoms with Crippen LogP contribution in [0.3, 0.4) is 0 Å². The second-order valence-electron chi connectivity index (χ2n) is 5.89. The van der Waals surface area contributed by atoms with Gasteiger partial charge in [0.05, 0.1) is 12.2 Å². The monoisotopic (exact) mass is 306 g/mol. The van der Waals surface area contributed by atoms with Gasteiger partial charge in [0.15, 0.2) is 0 Å². The minimum atomic E-state index is -0.0226. The van der Waals surface area contributed by atoms with Crippen molar-refractivity contribution in [1.82, 2.24) is 9.88 Å². The Kier molecular flexibility index (Phi) is 6.19. The topological polar surface area (TPSA) is 51.7 Å². The molecule has 0 aliphatic carbocycles. The number of rotatable bonds is 6. The van der Waals surface area contributed by atoms with Gasteiger partial charge in [0.1, 0.15) is 0 Å². The normalized spacial score (nSPS) is 19.5. The summed E-state index contributed by atoms with van der Waals surface area (Å²) in [6.07, 6.45) is 6.08. The van der Waals surface area contributed by atoms with Crippen molar-refractivity contribution in [3.8, 4) is 5.88 Å². The largest absolute Gasteiger partial charge is 0.475 e. The first-order valence-corrected chi connectivity index (χ1v) is 8.10. The molecule has 1 aliphatic heterocycles. The first-order valence-electron chi connectivity index (χ1n) is 8.10. The van der Waals surface area contributed by atoms with Crippen molar-refractivity contribution in [2.45, 2.75) is 51.7 Å². The van der Waals surface area contributed by atoms with E-state index < -0.39 is 0 Å². The highest BCUT2D eigenvalue weighted by molar-refractivity contribution is 5.94. The Bertz CT molecular complexity index is 487. The standard InChI is InChI=1S/C17H26N2O3/c1-4-13(2)22-16-11-14(8-9-18-16)17(20)19(3)12-15-7-5-6-10-21-15/h8-9,11,13,15H,4-7,10,12H2,1-3H3/t13-,15-/m0/s1. The summed E-state index contributed by atoms with van der Waals surface area (Å²) < 4.78 is 11.4. The molecule has 22 heavy (non-hydrogen) atoms. The Morgan fingerprint density at radius 2 is 2.36 bits per heavy atom. The first kappa shape index (κ1) is 16.7. The summed E-state index contributed by atoms with van der Waals surface area (Å²) >= 11 is 0. The van der Waals surface area contributed by atoms with Crippen LogP contribution in [-0.2, 0) is 4.74 Å². The van der Waals surface area contributed by atoms with E-state index in [1.54, 1.807) is 23.2 Å². The molecular weight excluding hydrogens is 280 g/mol. The van der Waals surface area contributed by atoms with Crippen LogP contribution in [0.5, 0.6) is 5.88 Å². The highest BCUT2D eigenvalue weighted by Crippen LogP contribution is 2.16. The number of carbonyl (C=O) groups is 1. The Morgan fingerprint density at radius 3 is 3.05 bits per heavy atom. The van der Waals surface area contributed by atoms with Gasteiger partial charge in [0.25, 0.3) is 5.91 Å². The highest BCUT2D eigenvalue weighted by atomic mass is 16.5. The Hall–Kier alpha value is -1.62. The Morgan fingerprint density at radius 1 is 1.55 bits per heavy atom. The third kappa shape index (κ3) is 4.70. The number of hydrogen-bond donors (Lipinski definition) is 0. The van der Waals surface area contributed by atoms with E-state index >= 15 is 0 Å². The molecular formula is C17H26N2O3. The lowest BCUT2D eigenvalue weighted by Gasteiger charge is -2.27.